The van der Waals surface area contributed by atoms with E-state index in [-0.39, 0.29) is 24.9 Å². The number of hydrogen-bond acceptors (Lipinski definition) is 5. The number of benzene rings is 1. The minimum atomic E-state index is -0.921. The van der Waals surface area contributed by atoms with Crippen LogP contribution in [0, 0.1) is 0 Å². The third kappa shape index (κ3) is 6.77. The van der Waals surface area contributed by atoms with Gasteiger partial charge in [0, 0.05) is 25.2 Å². The Bertz CT molecular complexity index is 703. The van der Waals surface area contributed by atoms with Crippen molar-refractivity contribution in [3.8, 4) is 0 Å². The van der Waals surface area contributed by atoms with Gasteiger partial charge in [0.15, 0.2) is 0 Å². The molecule has 0 spiro atoms. The number of rotatable bonds is 9. The largest absolute Gasteiger partial charge is 0.446 e. The number of halogens is 1. The fourth-order valence-electron chi connectivity index (χ4n) is 2.71. The van der Waals surface area contributed by atoms with E-state index in [0.717, 1.165) is 5.56 Å². The van der Waals surface area contributed by atoms with E-state index >= 15 is 0 Å². The highest BCUT2D eigenvalue weighted by atomic mass is 19.1. The van der Waals surface area contributed by atoms with Crippen LogP contribution >= 0.6 is 0 Å². The van der Waals surface area contributed by atoms with Crippen LogP contribution in [0.5, 0.6) is 0 Å². The number of nitrogens with two attached hydrogens (primary N) is 1. The van der Waals surface area contributed by atoms with Crippen molar-refractivity contribution < 1.29 is 18.7 Å². The molecule has 2 amide bonds. The van der Waals surface area contributed by atoms with Crippen LogP contribution in [0.15, 0.2) is 47.7 Å². The molecule has 0 saturated carbocycles. The smallest absolute Gasteiger partial charge is 0.247 e. The normalized spacial score (nSPS) is 16.0. The summed E-state index contributed by atoms with van der Waals surface area (Å²) in [7, 11) is 1.61. The van der Waals surface area contributed by atoms with Gasteiger partial charge in [0.1, 0.15) is 6.17 Å². The Kier molecular flexibility index (Phi) is 8.61. The van der Waals surface area contributed by atoms with Gasteiger partial charge in [-0.05, 0) is 31.4 Å². The molecule has 0 radical (unpaired) electrons. The molecular weight excluding hydrogens is 363 g/mol. The Morgan fingerprint density at radius 3 is 2.71 bits per heavy atom. The second-order valence-electron chi connectivity index (χ2n) is 6.55. The summed E-state index contributed by atoms with van der Waals surface area (Å²) in [5.41, 5.74) is 6.65. The number of carbonyl (C=O) groups excluding carboxylic acids is 2. The van der Waals surface area contributed by atoms with E-state index in [4.69, 9.17) is 10.5 Å². The molecule has 1 aromatic carbocycles. The number of likely N-dealkylation sites (tertiary alicyclic amines) is 1. The van der Waals surface area contributed by atoms with E-state index in [1.165, 1.54) is 17.2 Å². The number of unbranched alkanes of at least 4 members (excludes halogenated alkanes) is 1. The van der Waals surface area contributed by atoms with Crippen LogP contribution in [0.3, 0.4) is 0 Å². The molecule has 0 aromatic heterocycles. The van der Waals surface area contributed by atoms with Crippen molar-refractivity contribution in [3.63, 3.8) is 0 Å². The fourth-order valence-corrected chi connectivity index (χ4v) is 2.71. The van der Waals surface area contributed by atoms with Gasteiger partial charge in [-0.1, -0.05) is 18.2 Å². The summed E-state index contributed by atoms with van der Waals surface area (Å²) < 4.78 is 18.2. The maximum Gasteiger partial charge on any atom is 0.247 e. The predicted molar refractivity (Wildman–Crippen MR) is 105 cm³/mol. The van der Waals surface area contributed by atoms with Crippen LogP contribution in [-0.2, 0) is 14.3 Å². The van der Waals surface area contributed by atoms with E-state index in [9.17, 15) is 14.0 Å². The topological polar surface area (TPSA) is 97.0 Å². The molecule has 1 atom stereocenters. The maximum absolute atomic E-state index is 12.8. The van der Waals surface area contributed by atoms with Gasteiger partial charge in [0.05, 0.1) is 25.4 Å². The fraction of sp³-hybridized carbons (Fsp3) is 0.450. The molecule has 28 heavy (non-hydrogen) atoms. The molecule has 1 aliphatic heterocycles. The first-order valence-corrected chi connectivity index (χ1v) is 9.33. The maximum atomic E-state index is 12.8. The Morgan fingerprint density at radius 1 is 1.36 bits per heavy atom. The zero-order valence-corrected chi connectivity index (χ0v) is 16.0. The van der Waals surface area contributed by atoms with Crippen molar-refractivity contribution in [1.29, 1.82) is 0 Å². The number of amides is 2. The van der Waals surface area contributed by atoms with Crippen molar-refractivity contribution in [2.75, 3.05) is 26.7 Å². The summed E-state index contributed by atoms with van der Waals surface area (Å²) in [6, 6.07) is 8.77. The molecule has 1 unspecified atom stereocenters. The molecule has 3 N–H and O–H groups in total. The second-order valence-corrected chi connectivity index (χ2v) is 6.55. The van der Waals surface area contributed by atoms with Gasteiger partial charge < -0.3 is 20.7 Å². The quantitative estimate of drug-likeness (QED) is 0.219. The number of ether oxygens (including phenoxy) is 1. The minimum absolute atomic E-state index is 0.145. The average Bonchev–Trinajstić information content (AvgIpc) is 2.68. The number of hydrogen-bond donors (Lipinski definition) is 2. The summed E-state index contributed by atoms with van der Waals surface area (Å²) >= 11 is 0. The predicted octanol–water partition coefficient (Wildman–Crippen LogP) is 1.39. The van der Waals surface area contributed by atoms with Gasteiger partial charge in [-0.15, -0.1) is 0 Å². The van der Waals surface area contributed by atoms with E-state index < -0.39 is 12.2 Å². The third-order valence-corrected chi connectivity index (χ3v) is 4.33. The highest BCUT2D eigenvalue weighted by molar-refractivity contribution is 5.95. The molecule has 152 valence electrons. The first-order chi connectivity index (χ1) is 13.5. The van der Waals surface area contributed by atoms with Crippen LogP contribution in [0.2, 0.25) is 0 Å². The van der Waals surface area contributed by atoms with Crippen LogP contribution in [0.4, 0.5) is 4.39 Å². The Balaban J connectivity index is 1.58. The summed E-state index contributed by atoms with van der Waals surface area (Å²) in [5.74, 6) is -0.0622. The Hall–Kier alpha value is -2.74. The number of nitrogens with one attached hydrogen (secondary N) is 1. The molecular formula is C20H27FN4O3. The second kappa shape index (κ2) is 11.2. The molecule has 0 aliphatic carbocycles. The van der Waals surface area contributed by atoms with Crippen molar-refractivity contribution >= 4 is 17.7 Å². The van der Waals surface area contributed by atoms with Crippen LogP contribution < -0.4 is 11.1 Å². The van der Waals surface area contributed by atoms with Crippen LogP contribution in [-0.4, -0.2) is 61.5 Å². The van der Waals surface area contributed by atoms with Crippen LogP contribution in [0.25, 0.3) is 0 Å². The van der Waals surface area contributed by atoms with Crippen molar-refractivity contribution in [2.24, 2.45) is 10.7 Å². The van der Waals surface area contributed by atoms with Gasteiger partial charge in [-0.2, -0.15) is 0 Å². The SMILES string of the molecule is CN=C(O/C=C/C(=O)NCCCCC(N)C(=O)N1CC(F)C1)c1ccccc1. The molecule has 2 rings (SSSR count). The van der Waals surface area contributed by atoms with E-state index in [1.807, 2.05) is 30.3 Å². The first-order valence-electron chi connectivity index (χ1n) is 9.33. The number of alkyl halides is 1. The molecule has 1 aromatic rings. The first kappa shape index (κ1) is 21.6. The van der Waals surface area contributed by atoms with Gasteiger partial charge >= 0.3 is 0 Å². The summed E-state index contributed by atoms with van der Waals surface area (Å²) in [6.45, 7) is 0.755. The zero-order chi connectivity index (χ0) is 20.4. The monoisotopic (exact) mass is 390 g/mol. The molecule has 1 fully saturated rings. The zero-order valence-electron chi connectivity index (χ0n) is 16.0. The van der Waals surface area contributed by atoms with Gasteiger partial charge in [-0.3, -0.25) is 14.6 Å². The van der Waals surface area contributed by atoms with Crippen LogP contribution in [0.1, 0.15) is 24.8 Å². The number of carbonyl (C=O) groups is 2. The molecule has 7 nitrogen and oxygen atoms in total. The van der Waals surface area contributed by atoms with E-state index in [1.54, 1.807) is 7.05 Å². The third-order valence-electron chi connectivity index (χ3n) is 4.33. The highest BCUT2D eigenvalue weighted by Crippen LogP contribution is 2.13. The molecule has 1 heterocycles. The standard InChI is InChI=1S/C20H27FN4O3/c1-23-19(15-7-3-2-4-8-15)28-12-10-18(26)24-11-6-5-9-17(22)20(27)25-13-16(21)14-25/h2-4,7-8,10,12,16-17H,5-6,9,11,13-14,22H2,1H3,(H,24,26)/b12-10+,23-19?. The summed E-state index contributed by atoms with van der Waals surface area (Å²) in [4.78, 5) is 29.1. The Morgan fingerprint density at radius 2 is 2.07 bits per heavy atom. The molecule has 8 heteroatoms. The number of aliphatic imine (C=N–C) groups is 1. The lowest BCUT2D eigenvalue weighted by Crippen LogP contribution is -2.56. The lowest BCUT2D eigenvalue weighted by molar-refractivity contribution is -0.139. The van der Waals surface area contributed by atoms with Gasteiger partial charge in [-0.25, -0.2) is 4.39 Å². The lowest BCUT2D eigenvalue weighted by atomic mass is 10.1. The highest BCUT2D eigenvalue weighted by Gasteiger charge is 2.32. The average molecular weight is 390 g/mol. The van der Waals surface area contributed by atoms with E-state index in [2.05, 4.69) is 10.3 Å². The Labute approximate surface area is 164 Å². The molecule has 1 saturated heterocycles. The van der Waals surface area contributed by atoms with Crippen molar-refractivity contribution in [2.45, 2.75) is 31.5 Å². The molecule has 0 bridgehead atoms. The summed E-state index contributed by atoms with van der Waals surface area (Å²) in [5, 5.41) is 2.74. The summed E-state index contributed by atoms with van der Waals surface area (Å²) in [6.07, 6.45) is 3.56. The number of nitrogens with zero attached hydrogens (tertiary/aromatic N) is 2. The van der Waals surface area contributed by atoms with Gasteiger partial charge in [0.2, 0.25) is 17.7 Å². The minimum Gasteiger partial charge on any atom is -0.446 e. The lowest BCUT2D eigenvalue weighted by Gasteiger charge is -2.36. The molecule has 1 aliphatic rings. The van der Waals surface area contributed by atoms with Gasteiger partial charge in [0.25, 0.3) is 0 Å². The van der Waals surface area contributed by atoms with Crippen molar-refractivity contribution in [1.82, 2.24) is 10.2 Å². The van der Waals surface area contributed by atoms with E-state index in [0.29, 0.717) is 31.7 Å². The van der Waals surface area contributed by atoms with Crippen molar-refractivity contribution in [3.05, 3.63) is 48.2 Å².